The highest BCUT2D eigenvalue weighted by Gasteiger charge is 2.31. The second kappa shape index (κ2) is 6.09. The van der Waals surface area contributed by atoms with Crippen LogP contribution >= 0.6 is 0 Å². The number of amides is 1. The Morgan fingerprint density at radius 3 is 2.70 bits per heavy atom. The SMILES string of the molecule is O=C(O)CC1CCN(C(=O)CC2CS(=O)(=O)CCN2)C1. The Hall–Kier alpha value is -1.15. The molecule has 7 nitrogen and oxygen atoms in total. The molecule has 2 aliphatic heterocycles. The molecule has 0 aromatic rings. The van der Waals surface area contributed by atoms with E-state index in [4.69, 9.17) is 5.11 Å². The largest absolute Gasteiger partial charge is 0.481 e. The van der Waals surface area contributed by atoms with Gasteiger partial charge in [0, 0.05) is 38.5 Å². The van der Waals surface area contributed by atoms with Crippen LogP contribution in [-0.4, -0.2) is 67.5 Å². The molecule has 20 heavy (non-hydrogen) atoms. The highest BCUT2D eigenvalue weighted by molar-refractivity contribution is 7.91. The maximum absolute atomic E-state index is 12.1. The standard InChI is InChI=1S/C12H20N2O5S/c15-11(6-10-8-20(18,19)4-2-13-10)14-3-1-9(7-14)5-12(16)17/h9-10,13H,1-8H2,(H,16,17). The van der Waals surface area contributed by atoms with Crippen molar-refractivity contribution in [1.82, 2.24) is 10.2 Å². The van der Waals surface area contributed by atoms with E-state index in [1.54, 1.807) is 4.90 Å². The minimum atomic E-state index is -3.04. The predicted molar refractivity (Wildman–Crippen MR) is 72.0 cm³/mol. The molecular formula is C12H20N2O5S. The summed E-state index contributed by atoms with van der Waals surface area (Å²) in [4.78, 5) is 24.4. The van der Waals surface area contributed by atoms with Gasteiger partial charge in [-0.2, -0.15) is 0 Å². The molecule has 2 unspecified atom stereocenters. The summed E-state index contributed by atoms with van der Waals surface area (Å²) in [7, 11) is -3.04. The van der Waals surface area contributed by atoms with E-state index in [1.165, 1.54) is 0 Å². The first kappa shape index (κ1) is 15.2. The van der Waals surface area contributed by atoms with Gasteiger partial charge in [0.1, 0.15) is 0 Å². The fourth-order valence-electron chi connectivity index (χ4n) is 2.81. The van der Waals surface area contributed by atoms with Gasteiger partial charge in [-0.1, -0.05) is 0 Å². The smallest absolute Gasteiger partial charge is 0.303 e. The summed E-state index contributed by atoms with van der Waals surface area (Å²) in [6, 6.07) is -0.320. The van der Waals surface area contributed by atoms with E-state index in [2.05, 4.69) is 5.32 Å². The van der Waals surface area contributed by atoms with Crippen molar-refractivity contribution >= 4 is 21.7 Å². The van der Waals surface area contributed by atoms with Crippen LogP contribution in [-0.2, 0) is 19.4 Å². The van der Waals surface area contributed by atoms with E-state index in [9.17, 15) is 18.0 Å². The molecule has 2 fully saturated rings. The molecule has 2 heterocycles. The molecule has 2 rings (SSSR count). The summed E-state index contributed by atoms with van der Waals surface area (Å²) in [6.07, 6.45) is 0.952. The Bertz CT molecular complexity index is 490. The molecule has 2 atom stereocenters. The Kier molecular flexibility index (Phi) is 4.64. The number of nitrogens with one attached hydrogen (secondary N) is 1. The summed E-state index contributed by atoms with van der Waals surface area (Å²) in [5.74, 6) is -0.788. The van der Waals surface area contributed by atoms with Crippen molar-refractivity contribution in [2.45, 2.75) is 25.3 Å². The van der Waals surface area contributed by atoms with E-state index in [0.29, 0.717) is 26.1 Å². The van der Waals surface area contributed by atoms with Crippen molar-refractivity contribution in [3.05, 3.63) is 0 Å². The minimum absolute atomic E-state index is 0.00509. The third-order valence-electron chi connectivity index (χ3n) is 3.82. The summed E-state index contributed by atoms with van der Waals surface area (Å²) < 4.78 is 23.0. The van der Waals surface area contributed by atoms with Crippen LogP contribution in [0.5, 0.6) is 0 Å². The van der Waals surface area contributed by atoms with Gasteiger partial charge < -0.3 is 15.3 Å². The maximum Gasteiger partial charge on any atom is 0.303 e. The predicted octanol–water partition coefficient (Wildman–Crippen LogP) is -0.914. The normalized spacial score (nSPS) is 29.3. The van der Waals surface area contributed by atoms with Gasteiger partial charge >= 0.3 is 5.97 Å². The van der Waals surface area contributed by atoms with E-state index in [-0.39, 0.29) is 42.2 Å². The molecule has 0 aromatic carbocycles. The zero-order chi connectivity index (χ0) is 14.8. The number of sulfone groups is 1. The van der Waals surface area contributed by atoms with Crippen LogP contribution in [0.25, 0.3) is 0 Å². The summed E-state index contributed by atoms with van der Waals surface area (Å²) in [5.41, 5.74) is 0. The third kappa shape index (κ3) is 4.17. The van der Waals surface area contributed by atoms with E-state index < -0.39 is 15.8 Å². The van der Waals surface area contributed by atoms with Crippen molar-refractivity contribution < 1.29 is 23.1 Å². The Morgan fingerprint density at radius 1 is 1.30 bits per heavy atom. The van der Waals surface area contributed by atoms with Crippen LogP contribution in [0.1, 0.15) is 19.3 Å². The summed E-state index contributed by atoms with van der Waals surface area (Å²) >= 11 is 0. The van der Waals surface area contributed by atoms with Crippen molar-refractivity contribution in [2.24, 2.45) is 5.92 Å². The van der Waals surface area contributed by atoms with Gasteiger partial charge in [-0.3, -0.25) is 9.59 Å². The fourth-order valence-corrected chi connectivity index (χ4v) is 4.26. The number of carboxylic acids is 1. The molecule has 114 valence electrons. The first-order valence-corrected chi connectivity index (χ1v) is 8.61. The lowest BCUT2D eigenvalue weighted by molar-refractivity contribution is -0.138. The quantitative estimate of drug-likeness (QED) is 0.696. The molecule has 2 saturated heterocycles. The number of carboxylic acid groups (broad SMARTS) is 1. The topological polar surface area (TPSA) is 104 Å². The summed E-state index contributed by atoms with van der Waals surface area (Å²) in [6.45, 7) is 1.42. The van der Waals surface area contributed by atoms with Gasteiger partial charge in [0.15, 0.2) is 9.84 Å². The Balaban J connectivity index is 1.82. The van der Waals surface area contributed by atoms with Crippen LogP contribution < -0.4 is 5.32 Å². The minimum Gasteiger partial charge on any atom is -0.481 e. The second-order valence-corrected chi connectivity index (χ2v) is 7.79. The third-order valence-corrected chi connectivity index (χ3v) is 5.56. The molecule has 0 aliphatic carbocycles. The van der Waals surface area contributed by atoms with Crippen molar-refractivity contribution in [3.63, 3.8) is 0 Å². The number of likely N-dealkylation sites (tertiary alicyclic amines) is 1. The number of carbonyl (C=O) groups is 2. The number of carbonyl (C=O) groups excluding carboxylic acids is 1. The van der Waals surface area contributed by atoms with Crippen molar-refractivity contribution in [2.75, 3.05) is 31.1 Å². The lowest BCUT2D eigenvalue weighted by Gasteiger charge is -2.25. The molecule has 0 bridgehead atoms. The first-order valence-electron chi connectivity index (χ1n) is 6.79. The van der Waals surface area contributed by atoms with E-state index in [0.717, 1.165) is 0 Å². The average molecular weight is 304 g/mol. The zero-order valence-corrected chi connectivity index (χ0v) is 12.1. The van der Waals surface area contributed by atoms with Crippen LogP contribution in [0.2, 0.25) is 0 Å². The maximum atomic E-state index is 12.1. The first-order chi connectivity index (χ1) is 9.35. The van der Waals surface area contributed by atoms with Gasteiger partial charge in [-0.15, -0.1) is 0 Å². The molecule has 1 amide bonds. The average Bonchev–Trinajstić information content (AvgIpc) is 2.75. The number of hydrogen-bond acceptors (Lipinski definition) is 5. The highest BCUT2D eigenvalue weighted by Crippen LogP contribution is 2.20. The molecule has 2 N–H and O–H groups in total. The Morgan fingerprint density at radius 2 is 2.05 bits per heavy atom. The van der Waals surface area contributed by atoms with Gasteiger partial charge in [0.2, 0.25) is 5.91 Å². The van der Waals surface area contributed by atoms with Crippen LogP contribution in [0.15, 0.2) is 0 Å². The molecule has 0 radical (unpaired) electrons. The van der Waals surface area contributed by atoms with Crippen LogP contribution in [0.3, 0.4) is 0 Å². The Labute approximate surface area is 118 Å². The molecule has 8 heteroatoms. The van der Waals surface area contributed by atoms with Gasteiger partial charge in [0.05, 0.1) is 11.5 Å². The van der Waals surface area contributed by atoms with Crippen LogP contribution in [0, 0.1) is 5.92 Å². The second-order valence-electron chi connectivity index (χ2n) is 5.56. The fraction of sp³-hybridized carbons (Fsp3) is 0.833. The monoisotopic (exact) mass is 304 g/mol. The lowest BCUT2D eigenvalue weighted by atomic mass is 10.1. The molecular weight excluding hydrogens is 284 g/mol. The zero-order valence-electron chi connectivity index (χ0n) is 11.2. The van der Waals surface area contributed by atoms with Gasteiger partial charge in [-0.05, 0) is 12.3 Å². The molecule has 0 spiro atoms. The van der Waals surface area contributed by atoms with Gasteiger partial charge in [0.25, 0.3) is 0 Å². The molecule has 0 saturated carbocycles. The van der Waals surface area contributed by atoms with Crippen molar-refractivity contribution in [1.29, 1.82) is 0 Å². The number of nitrogens with zero attached hydrogens (tertiary/aromatic N) is 1. The number of rotatable bonds is 4. The lowest BCUT2D eigenvalue weighted by Crippen LogP contribution is -2.47. The molecule has 0 aromatic heterocycles. The number of hydrogen-bond donors (Lipinski definition) is 2. The van der Waals surface area contributed by atoms with Crippen LogP contribution in [0.4, 0.5) is 0 Å². The van der Waals surface area contributed by atoms with Gasteiger partial charge in [-0.25, -0.2) is 8.42 Å². The summed E-state index contributed by atoms with van der Waals surface area (Å²) in [5, 5.41) is 11.8. The van der Waals surface area contributed by atoms with Crippen molar-refractivity contribution in [3.8, 4) is 0 Å². The van der Waals surface area contributed by atoms with E-state index in [1.807, 2.05) is 0 Å². The highest BCUT2D eigenvalue weighted by atomic mass is 32.2. The number of aliphatic carboxylic acids is 1. The molecule has 2 aliphatic rings. The van der Waals surface area contributed by atoms with E-state index >= 15 is 0 Å².